The van der Waals surface area contributed by atoms with E-state index in [1.807, 2.05) is 12.2 Å². The average molecular weight is 139 g/mol. The van der Waals surface area contributed by atoms with Crippen molar-refractivity contribution in [3.63, 3.8) is 0 Å². The van der Waals surface area contributed by atoms with Crippen molar-refractivity contribution in [1.29, 1.82) is 0 Å². The molecule has 0 aromatic carbocycles. The fourth-order valence-corrected chi connectivity index (χ4v) is 0.793. The summed E-state index contributed by atoms with van der Waals surface area (Å²) in [5.41, 5.74) is 5.84. The van der Waals surface area contributed by atoms with Crippen molar-refractivity contribution in [2.45, 2.75) is 19.9 Å². The Balaban J connectivity index is 3.91. The molecule has 0 aromatic heterocycles. The van der Waals surface area contributed by atoms with Crippen LogP contribution in [-0.4, -0.2) is 6.04 Å². The zero-order chi connectivity index (χ0) is 8.15. The number of hydrogen-bond donors (Lipinski definition) is 1. The Bertz CT molecular complexity index is 104. The van der Waals surface area contributed by atoms with Crippen LogP contribution >= 0.6 is 0 Å². The molecule has 2 atom stereocenters. The minimum atomic E-state index is 0.162. The van der Waals surface area contributed by atoms with Crippen molar-refractivity contribution < 1.29 is 0 Å². The van der Waals surface area contributed by atoms with E-state index in [9.17, 15) is 0 Å². The predicted octanol–water partition coefficient (Wildman–Crippen LogP) is 1.96. The van der Waals surface area contributed by atoms with Gasteiger partial charge in [-0.15, -0.1) is 13.2 Å². The van der Waals surface area contributed by atoms with E-state index < -0.39 is 0 Å². The summed E-state index contributed by atoms with van der Waals surface area (Å²) in [7, 11) is 0. The van der Waals surface area contributed by atoms with Crippen molar-refractivity contribution in [3.8, 4) is 0 Å². The molecular weight excluding hydrogens is 122 g/mol. The maximum Gasteiger partial charge on any atom is 0.0160 e. The summed E-state index contributed by atoms with van der Waals surface area (Å²) in [4.78, 5) is 0. The lowest BCUT2D eigenvalue weighted by atomic mass is 9.92. The third kappa shape index (κ3) is 2.36. The lowest BCUT2D eigenvalue weighted by Gasteiger charge is -2.20. The predicted molar refractivity (Wildman–Crippen MR) is 46.7 cm³/mol. The summed E-state index contributed by atoms with van der Waals surface area (Å²) in [5.74, 6) is 0.737. The highest BCUT2D eigenvalue weighted by atomic mass is 14.7. The van der Waals surface area contributed by atoms with Gasteiger partial charge in [0.25, 0.3) is 0 Å². The lowest BCUT2D eigenvalue weighted by Crippen LogP contribution is -2.32. The summed E-state index contributed by atoms with van der Waals surface area (Å²) in [5, 5.41) is 0. The van der Waals surface area contributed by atoms with Crippen LogP contribution in [0.3, 0.4) is 0 Å². The summed E-state index contributed by atoms with van der Waals surface area (Å²) in [6.07, 6.45) is 3.76. The van der Waals surface area contributed by atoms with E-state index >= 15 is 0 Å². The topological polar surface area (TPSA) is 26.0 Å². The zero-order valence-electron chi connectivity index (χ0n) is 6.88. The quantitative estimate of drug-likeness (QED) is 0.592. The van der Waals surface area contributed by atoms with Gasteiger partial charge in [0, 0.05) is 6.04 Å². The molecule has 0 saturated carbocycles. The summed E-state index contributed by atoms with van der Waals surface area (Å²) >= 11 is 0. The van der Waals surface area contributed by atoms with Crippen molar-refractivity contribution in [2.24, 2.45) is 17.6 Å². The van der Waals surface area contributed by atoms with E-state index in [1.54, 1.807) is 0 Å². The van der Waals surface area contributed by atoms with E-state index in [1.165, 1.54) is 0 Å². The molecule has 0 saturated heterocycles. The van der Waals surface area contributed by atoms with Gasteiger partial charge in [0.2, 0.25) is 0 Å². The average Bonchev–Trinajstić information content (AvgIpc) is 2.00. The highest BCUT2D eigenvalue weighted by Crippen LogP contribution is 2.11. The Morgan fingerprint density at radius 1 is 1.10 bits per heavy atom. The summed E-state index contributed by atoms with van der Waals surface area (Å²) in [6.45, 7) is 11.5. The van der Waals surface area contributed by atoms with E-state index in [0.717, 1.165) is 0 Å². The van der Waals surface area contributed by atoms with Gasteiger partial charge in [-0.2, -0.15) is 0 Å². The van der Waals surface area contributed by atoms with Crippen LogP contribution in [0.25, 0.3) is 0 Å². The van der Waals surface area contributed by atoms with Gasteiger partial charge in [0.15, 0.2) is 0 Å². The Kier molecular flexibility index (Phi) is 4.05. The van der Waals surface area contributed by atoms with E-state index in [0.29, 0.717) is 11.8 Å². The molecule has 0 aliphatic carbocycles. The Hall–Kier alpha value is -0.560. The summed E-state index contributed by atoms with van der Waals surface area (Å²) < 4.78 is 0. The fraction of sp³-hybridized carbons (Fsp3) is 0.556. The standard InChI is InChI=1S/C9H17N/c1-5-7(3)9(10)8(4)6-2/h5-9H,1-2,10H2,3-4H3. The fourth-order valence-electron chi connectivity index (χ4n) is 0.793. The molecule has 0 radical (unpaired) electrons. The highest BCUT2D eigenvalue weighted by Gasteiger charge is 2.13. The minimum absolute atomic E-state index is 0.162. The van der Waals surface area contributed by atoms with Gasteiger partial charge < -0.3 is 5.73 Å². The van der Waals surface area contributed by atoms with Crippen LogP contribution < -0.4 is 5.73 Å². The number of hydrogen-bond acceptors (Lipinski definition) is 1. The van der Waals surface area contributed by atoms with E-state index in [-0.39, 0.29) is 6.04 Å². The van der Waals surface area contributed by atoms with Gasteiger partial charge in [-0.25, -0.2) is 0 Å². The monoisotopic (exact) mass is 139 g/mol. The van der Waals surface area contributed by atoms with Crippen molar-refractivity contribution in [3.05, 3.63) is 25.3 Å². The first-order chi connectivity index (χ1) is 4.63. The van der Waals surface area contributed by atoms with Crippen LogP contribution in [-0.2, 0) is 0 Å². The van der Waals surface area contributed by atoms with Crippen molar-refractivity contribution in [2.75, 3.05) is 0 Å². The van der Waals surface area contributed by atoms with Gasteiger partial charge in [-0.3, -0.25) is 0 Å². The minimum Gasteiger partial charge on any atom is -0.327 e. The SMILES string of the molecule is C=CC(C)C(N)C(C)C=C. The smallest absolute Gasteiger partial charge is 0.0160 e. The largest absolute Gasteiger partial charge is 0.327 e. The molecule has 1 heteroatoms. The molecule has 0 rings (SSSR count). The highest BCUT2D eigenvalue weighted by molar-refractivity contribution is 4.92. The maximum atomic E-state index is 5.84. The molecule has 1 nitrogen and oxygen atoms in total. The first-order valence-electron chi connectivity index (χ1n) is 3.64. The first-order valence-corrected chi connectivity index (χ1v) is 3.64. The third-order valence-electron chi connectivity index (χ3n) is 1.96. The Labute approximate surface area is 63.6 Å². The summed E-state index contributed by atoms with van der Waals surface area (Å²) in [6, 6.07) is 0.162. The second kappa shape index (κ2) is 4.29. The molecule has 0 aliphatic heterocycles. The molecule has 2 N–H and O–H groups in total. The molecule has 0 aliphatic rings. The number of nitrogens with two attached hydrogens (primary N) is 1. The Morgan fingerprint density at radius 3 is 1.60 bits per heavy atom. The molecule has 0 bridgehead atoms. The van der Waals surface area contributed by atoms with Crippen molar-refractivity contribution >= 4 is 0 Å². The molecule has 0 aromatic rings. The van der Waals surface area contributed by atoms with Gasteiger partial charge in [0.05, 0.1) is 0 Å². The van der Waals surface area contributed by atoms with Gasteiger partial charge >= 0.3 is 0 Å². The van der Waals surface area contributed by atoms with Gasteiger partial charge in [0.1, 0.15) is 0 Å². The second-order valence-corrected chi connectivity index (χ2v) is 2.77. The van der Waals surface area contributed by atoms with E-state index in [2.05, 4.69) is 27.0 Å². The third-order valence-corrected chi connectivity index (χ3v) is 1.96. The van der Waals surface area contributed by atoms with Gasteiger partial charge in [-0.05, 0) is 11.8 Å². The van der Waals surface area contributed by atoms with Gasteiger partial charge in [-0.1, -0.05) is 26.0 Å². The van der Waals surface area contributed by atoms with Crippen LogP contribution in [0.5, 0.6) is 0 Å². The van der Waals surface area contributed by atoms with Crippen LogP contribution in [0.2, 0.25) is 0 Å². The molecule has 2 unspecified atom stereocenters. The van der Waals surface area contributed by atoms with E-state index in [4.69, 9.17) is 5.73 Å². The maximum absolute atomic E-state index is 5.84. The van der Waals surface area contributed by atoms with Crippen LogP contribution in [0.1, 0.15) is 13.8 Å². The van der Waals surface area contributed by atoms with Crippen LogP contribution in [0.4, 0.5) is 0 Å². The zero-order valence-corrected chi connectivity index (χ0v) is 6.88. The van der Waals surface area contributed by atoms with Crippen LogP contribution in [0, 0.1) is 11.8 Å². The normalized spacial score (nSPS) is 19.1. The Morgan fingerprint density at radius 2 is 1.40 bits per heavy atom. The molecular formula is C9H17N. The van der Waals surface area contributed by atoms with Crippen molar-refractivity contribution in [1.82, 2.24) is 0 Å². The molecule has 0 heterocycles. The molecule has 0 amide bonds. The molecule has 0 spiro atoms. The van der Waals surface area contributed by atoms with Crippen LogP contribution in [0.15, 0.2) is 25.3 Å². The second-order valence-electron chi connectivity index (χ2n) is 2.77. The molecule has 58 valence electrons. The lowest BCUT2D eigenvalue weighted by molar-refractivity contribution is 0.449. The first kappa shape index (κ1) is 9.44. The molecule has 10 heavy (non-hydrogen) atoms. The molecule has 0 fully saturated rings. The number of rotatable bonds is 4.